The normalized spacial score (nSPS) is 10.2. The molecule has 88 valence electrons. The van der Waals surface area contributed by atoms with E-state index in [2.05, 4.69) is 46.1 Å². The summed E-state index contributed by atoms with van der Waals surface area (Å²) in [5.74, 6) is -0.0410. The van der Waals surface area contributed by atoms with Gasteiger partial charge in [0.05, 0.1) is 11.4 Å². The third-order valence-electron chi connectivity index (χ3n) is 1.97. The number of tetrazole rings is 1. The van der Waals surface area contributed by atoms with Crippen LogP contribution in [0.4, 0.5) is 5.69 Å². The van der Waals surface area contributed by atoms with Gasteiger partial charge < -0.3 is 5.32 Å². The van der Waals surface area contributed by atoms with Crippen molar-refractivity contribution >= 4 is 36.9 Å². The molecule has 1 heterocycles. The SMILES string of the molecule is O=C(CS)Nc1cccc(-n2nnnc2S)c1. The number of hydrogen-bond donors (Lipinski definition) is 3. The van der Waals surface area contributed by atoms with Gasteiger partial charge in [0.25, 0.3) is 0 Å². The number of aromatic nitrogens is 4. The molecule has 0 saturated heterocycles. The summed E-state index contributed by atoms with van der Waals surface area (Å²) < 4.78 is 1.46. The van der Waals surface area contributed by atoms with Gasteiger partial charge in [-0.15, -0.1) is 17.7 Å². The Labute approximate surface area is 108 Å². The topological polar surface area (TPSA) is 72.7 Å². The molecule has 0 spiro atoms. The van der Waals surface area contributed by atoms with Crippen LogP contribution in [-0.2, 0) is 4.79 Å². The summed E-state index contributed by atoms with van der Waals surface area (Å²) >= 11 is 8.00. The number of carbonyl (C=O) groups excluding carboxylic acids is 1. The number of carbonyl (C=O) groups is 1. The molecule has 0 bridgehead atoms. The average Bonchev–Trinajstić information content (AvgIpc) is 2.75. The van der Waals surface area contributed by atoms with Crippen LogP contribution >= 0.6 is 25.3 Å². The number of benzene rings is 1. The molecular weight excluding hydrogens is 258 g/mol. The van der Waals surface area contributed by atoms with Crippen molar-refractivity contribution in [2.75, 3.05) is 11.1 Å². The minimum atomic E-state index is -0.173. The van der Waals surface area contributed by atoms with E-state index in [4.69, 9.17) is 0 Å². The summed E-state index contributed by atoms with van der Waals surface area (Å²) in [5.41, 5.74) is 1.38. The molecule has 0 radical (unpaired) electrons. The Hall–Kier alpha value is -1.54. The van der Waals surface area contributed by atoms with E-state index >= 15 is 0 Å². The van der Waals surface area contributed by atoms with Crippen molar-refractivity contribution in [2.45, 2.75) is 5.16 Å². The Balaban J connectivity index is 2.29. The van der Waals surface area contributed by atoms with Crippen molar-refractivity contribution < 1.29 is 4.79 Å². The van der Waals surface area contributed by atoms with Gasteiger partial charge in [0.2, 0.25) is 11.1 Å². The van der Waals surface area contributed by atoms with Crippen molar-refractivity contribution in [1.82, 2.24) is 20.2 Å². The number of amides is 1. The molecule has 0 aliphatic carbocycles. The Bertz CT molecular complexity index is 542. The van der Waals surface area contributed by atoms with Gasteiger partial charge in [0, 0.05) is 5.69 Å². The van der Waals surface area contributed by atoms with E-state index in [1.54, 1.807) is 18.2 Å². The maximum atomic E-state index is 11.2. The zero-order chi connectivity index (χ0) is 12.3. The molecule has 0 aliphatic rings. The van der Waals surface area contributed by atoms with E-state index in [-0.39, 0.29) is 11.7 Å². The number of hydrogen-bond acceptors (Lipinski definition) is 6. The van der Waals surface area contributed by atoms with Crippen molar-refractivity contribution in [3.63, 3.8) is 0 Å². The van der Waals surface area contributed by atoms with E-state index in [9.17, 15) is 4.79 Å². The first kappa shape index (κ1) is 11.9. The molecule has 1 aromatic heterocycles. The predicted molar refractivity (Wildman–Crippen MR) is 68.9 cm³/mol. The highest BCUT2D eigenvalue weighted by Crippen LogP contribution is 2.15. The standard InChI is InChI=1S/C9H9N5OS2/c15-8(5-16)10-6-2-1-3-7(4-6)14-9(17)11-12-13-14/h1-4,16H,5H2,(H,10,15)(H,11,13,17). The number of anilines is 1. The lowest BCUT2D eigenvalue weighted by Gasteiger charge is -2.06. The minimum absolute atomic E-state index is 0.132. The van der Waals surface area contributed by atoms with Gasteiger partial charge >= 0.3 is 0 Å². The van der Waals surface area contributed by atoms with Gasteiger partial charge in [-0.3, -0.25) is 4.79 Å². The number of nitrogens with zero attached hydrogens (tertiary/aromatic N) is 4. The lowest BCUT2D eigenvalue weighted by molar-refractivity contribution is -0.113. The van der Waals surface area contributed by atoms with Gasteiger partial charge in [-0.2, -0.15) is 17.3 Å². The fourth-order valence-electron chi connectivity index (χ4n) is 1.27. The number of rotatable bonds is 3. The highest BCUT2D eigenvalue weighted by atomic mass is 32.1. The van der Waals surface area contributed by atoms with Crippen LogP contribution in [0.25, 0.3) is 5.69 Å². The molecule has 2 aromatic rings. The Kier molecular flexibility index (Phi) is 3.64. The van der Waals surface area contributed by atoms with E-state index in [1.807, 2.05) is 6.07 Å². The summed E-state index contributed by atoms with van der Waals surface area (Å²) in [7, 11) is 0. The first-order chi connectivity index (χ1) is 8.20. The molecular formula is C9H9N5OS2. The Morgan fingerprint density at radius 3 is 2.94 bits per heavy atom. The molecule has 17 heavy (non-hydrogen) atoms. The molecule has 0 fully saturated rings. The molecule has 1 aromatic carbocycles. The second-order valence-corrected chi connectivity index (χ2v) is 3.86. The Morgan fingerprint density at radius 2 is 2.29 bits per heavy atom. The van der Waals surface area contributed by atoms with Crippen molar-refractivity contribution in [3.8, 4) is 5.69 Å². The van der Waals surface area contributed by atoms with Gasteiger partial charge in [-0.25, -0.2) is 0 Å². The molecule has 0 unspecified atom stereocenters. The summed E-state index contributed by atoms with van der Waals surface area (Å²) in [4.78, 5) is 11.2. The smallest absolute Gasteiger partial charge is 0.234 e. The molecule has 0 saturated carbocycles. The highest BCUT2D eigenvalue weighted by Gasteiger charge is 2.05. The number of nitrogens with one attached hydrogen (secondary N) is 1. The number of thiol groups is 2. The monoisotopic (exact) mass is 267 g/mol. The van der Waals surface area contributed by atoms with Gasteiger partial charge in [-0.05, 0) is 28.6 Å². The highest BCUT2D eigenvalue weighted by molar-refractivity contribution is 7.81. The first-order valence-corrected chi connectivity index (χ1v) is 5.77. The minimum Gasteiger partial charge on any atom is -0.325 e. The Morgan fingerprint density at radius 1 is 1.47 bits per heavy atom. The second-order valence-electron chi connectivity index (χ2n) is 3.15. The van der Waals surface area contributed by atoms with Crippen molar-refractivity contribution in [3.05, 3.63) is 24.3 Å². The van der Waals surface area contributed by atoms with E-state index in [0.717, 1.165) is 5.69 Å². The largest absolute Gasteiger partial charge is 0.325 e. The molecule has 1 amide bonds. The van der Waals surface area contributed by atoms with Gasteiger partial charge in [0.1, 0.15) is 0 Å². The molecule has 8 heteroatoms. The van der Waals surface area contributed by atoms with Crippen LogP contribution in [0, 0.1) is 0 Å². The predicted octanol–water partition coefficient (Wildman–Crippen LogP) is 0.819. The van der Waals surface area contributed by atoms with E-state index in [0.29, 0.717) is 10.8 Å². The summed E-state index contributed by atoms with van der Waals surface area (Å²) in [6.07, 6.45) is 0. The van der Waals surface area contributed by atoms with Gasteiger partial charge in [0.15, 0.2) is 0 Å². The van der Waals surface area contributed by atoms with E-state index in [1.165, 1.54) is 4.68 Å². The average molecular weight is 267 g/mol. The van der Waals surface area contributed by atoms with Crippen LogP contribution in [-0.4, -0.2) is 31.9 Å². The van der Waals surface area contributed by atoms with Gasteiger partial charge in [-0.1, -0.05) is 6.07 Å². The fourth-order valence-corrected chi connectivity index (χ4v) is 1.54. The van der Waals surface area contributed by atoms with Crippen molar-refractivity contribution in [2.24, 2.45) is 0 Å². The summed E-state index contributed by atoms with van der Waals surface area (Å²) in [5, 5.41) is 14.0. The fraction of sp³-hybridized carbons (Fsp3) is 0.111. The zero-order valence-electron chi connectivity index (χ0n) is 8.61. The van der Waals surface area contributed by atoms with Crippen LogP contribution in [0.2, 0.25) is 0 Å². The van der Waals surface area contributed by atoms with Crippen LogP contribution < -0.4 is 5.32 Å². The molecule has 1 N–H and O–H groups in total. The third-order valence-corrected chi connectivity index (χ3v) is 2.54. The first-order valence-electron chi connectivity index (χ1n) is 4.69. The second kappa shape index (κ2) is 5.19. The van der Waals surface area contributed by atoms with Crippen LogP contribution in [0.3, 0.4) is 0 Å². The van der Waals surface area contributed by atoms with Crippen LogP contribution in [0.15, 0.2) is 29.4 Å². The lowest BCUT2D eigenvalue weighted by atomic mass is 10.3. The van der Waals surface area contributed by atoms with E-state index < -0.39 is 0 Å². The van der Waals surface area contributed by atoms with Crippen LogP contribution in [0.5, 0.6) is 0 Å². The molecule has 0 atom stereocenters. The van der Waals surface area contributed by atoms with Crippen LogP contribution in [0.1, 0.15) is 0 Å². The maximum absolute atomic E-state index is 11.2. The quantitative estimate of drug-likeness (QED) is 0.720. The molecule has 0 aliphatic heterocycles. The maximum Gasteiger partial charge on any atom is 0.234 e. The third kappa shape index (κ3) is 2.77. The lowest BCUT2D eigenvalue weighted by Crippen LogP contribution is -2.12. The van der Waals surface area contributed by atoms with Crippen molar-refractivity contribution in [1.29, 1.82) is 0 Å². The molecule has 2 rings (SSSR count). The summed E-state index contributed by atoms with van der Waals surface area (Å²) in [6, 6.07) is 7.12. The zero-order valence-corrected chi connectivity index (χ0v) is 10.4. The summed E-state index contributed by atoms with van der Waals surface area (Å²) in [6.45, 7) is 0. The molecule has 6 nitrogen and oxygen atoms in total.